The first-order valence-corrected chi connectivity index (χ1v) is 7.30. The fourth-order valence-electron chi connectivity index (χ4n) is 3.10. The third-order valence-electron chi connectivity index (χ3n) is 4.14. The average molecular weight is 289 g/mol. The quantitative estimate of drug-likeness (QED) is 0.940. The largest absolute Gasteiger partial charge is 0.387 e. The van der Waals surface area contributed by atoms with Crippen LogP contribution in [0.3, 0.4) is 0 Å². The Kier molecular flexibility index (Phi) is 4.03. The van der Waals surface area contributed by atoms with Crippen molar-refractivity contribution >= 4 is 0 Å². The lowest BCUT2D eigenvalue weighted by Crippen LogP contribution is -2.28. The lowest BCUT2D eigenvalue weighted by molar-refractivity contribution is 0.103. The zero-order valence-electron chi connectivity index (χ0n) is 12.1. The third-order valence-corrected chi connectivity index (χ3v) is 4.14. The van der Waals surface area contributed by atoms with Crippen LogP contribution in [0.2, 0.25) is 0 Å². The molecule has 0 amide bonds. The van der Waals surface area contributed by atoms with E-state index in [0.717, 1.165) is 24.9 Å². The fraction of sp³-hybridized carbons (Fsp3) is 0.438. The lowest BCUT2D eigenvalue weighted by Gasteiger charge is -2.26. The minimum atomic E-state index is -0.802. The van der Waals surface area contributed by atoms with Gasteiger partial charge in [-0.2, -0.15) is 5.10 Å². The Bertz CT molecular complexity index is 613. The molecule has 1 N–H and O–H groups in total. The molecule has 0 bridgehead atoms. The van der Waals surface area contributed by atoms with Gasteiger partial charge in [0, 0.05) is 37.0 Å². The number of aryl methyl sites for hydroxylation is 1. The molecule has 5 heteroatoms. The maximum atomic E-state index is 13.7. The van der Waals surface area contributed by atoms with Crippen LogP contribution in [-0.4, -0.2) is 32.9 Å². The first-order chi connectivity index (χ1) is 10.1. The van der Waals surface area contributed by atoms with Gasteiger partial charge in [-0.1, -0.05) is 18.2 Å². The highest BCUT2D eigenvalue weighted by Gasteiger charge is 2.29. The molecule has 4 nitrogen and oxygen atoms in total. The maximum Gasteiger partial charge on any atom is 0.129 e. The number of benzene rings is 1. The number of aliphatic hydroxyl groups is 1. The number of halogens is 1. The highest BCUT2D eigenvalue weighted by molar-refractivity contribution is 5.20. The van der Waals surface area contributed by atoms with E-state index in [0.29, 0.717) is 12.1 Å². The van der Waals surface area contributed by atoms with Gasteiger partial charge in [0.2, 0.25) is 0 Å². The highest BCUT2D eigenvalue weighted by Crippen LogP contribution is 2.33. The van der Waals surface area contributed by atoms with Gasteiger partial charge in [0.25, 0.3) is 0 Å². The molecule has 1 fully saturated rings. The molecule has 1 saturated heterocycles. The summed E-state index contributed by atoms with van der Waals surface area (Å²) in [6.07, 6.45) is 5.22. The van der Waals surface area contributed by atoms with Crippen molar-refractivity contribution in [1.29, 1.82) is 0 Å². The van der Waals surface area contributed by atoms with Gasteiger partial charge >= 0.3 is 0 Å². The number of β-amino-alcohol motifs (C(OH)–C–C–N with tert-alkyl or cyclic N) is 1. The molecule has 3 rings (SSSR count). The van der Waals surface area contributed by atoms with Crippen LogP contribution in [0.15, 0.2) is 36.7 Å². The number of likely N-dealkylation sites (tertiary alicyclic amines) is 1. The first-order valence-electron chi connectivity index (χ1n) is 7.30. The molecule has 0 unspecified atom stereocenters. The summed E-state index contributed by atoms with van der Waals surface area (Å²) >= 11 is 0. The molecule has 112 valence electrons. The summed E-state index contributed by atoms with van der Waals surface area (Å²) in [6.45, 7) is 1.37. The van der Waals surface area contributed by atoms with E-state index < -0.39 is 6.10 Å². The molecule has 0 spiro atoms. The van der Waals surface area contributed by atoms with Gasteiger partial charge in [0.15, 0.2) is 0 Å². The Morgan fingerprint density at radius 1 is 1.43 bits per heavy atom. The lowest BCUT2D eigenvalue weighted by atomic mass is 10.1. The van der Waals surface area contributed by atoms with Crippen molar-refractivity contribution in [2.75, 3.05) is 13.1 Å². The van der Waals surface area contributed by atoms with Gasteiger partial charge in [-0.25, -0.2) is 4.39 Å². The molecule has 21 heavy (non-hydrogen) atoms. The Morgan fingerprint density at radius 3 is 2.95 bits per heavy atom. The van der Waals surface area contributed by atoms with Crippen molar-refractivity contribution in [3.05, 3.63) is 53.6 Å². The van der Waals surface area contributed by atoms with E-state index >= 15 is 0 Å². The first kappa shape index (κ1) is 14.2. The van der Waals surface area contributed by atoms with Gasteiger partial charge in [-0.15, -0.1) is 0 Å². The maximum absolute atomic E-state index is 13.7. The summed E-state index contributed by atoms with van der Waals surface area (Å²) in [4.78, 5) is 2.22. The van der Waals surface area contributed by atoms with E-state index in [1.807, 2.05) is 19.4 Å². The zero-order valence-corrected chi connectivity index (χ0v) is 12.1. The average Bonchev–Trinajstić information content (AvgIpc) is 3.08. The second-order valence-electron chi connectivity index (χ2n) is 5.64. The normalized spacial score (nSPS) is 20.8. The van der Waals surface area contributed by atoms with Crippen LogP contribution in [0.4, 0.5) is 4.39 Å². The number of aliphatic hydroxyl groups excluding tert-OH is 1. The van der Waals surface area contributed by atoms with Gasteiger partial charge in [-0.05, 0) is 25.5 Å². The Labute approximate surface area is 123 Å². The molecule has 1 aliphatic heterocycles. The van der Waals surface area contributed by atoms with Gasteiger partial charge in [0.1, 0.15) is 5.82 Å². The summed E-state index contributed by atoms with van der Waals surface area (Å²) in [5.74, 6) is -0.345. The van der Waals surface area contributed by atoms with Gasteiger partial charge < -0.3 is 5.11 Å². The van der Waals surface area contributed by atoms with Crippen LogP contribution in [0.1, 0.15) is 36.1 Å². The number of hydrogen-bond acceptors (Lipinski definition) is 3. The Morgan fingerprint density at radius 2 is 2.24 bits per heavy atom. The number of nitrogens with zero attached hydrogens (tertiary/aromatic N) is 3. The zero-order chi connectivity index (χ0) is 14.8. The Hall–Kier alpha value is -1.72. The molecule has 0 radical (unpaired) electrons. The van der Waals surface area contributed by atoms with Crippen LogP contribution in [-0.2, 0) is 7.05 Å². The monoisotopic (exact) mass is 289 g/mol. The van der Waals surface area contributed by atoms with Crippen LogP contribution in [0, 0.1) is 5.82 Å². The molecule has 1 aromatic carbocycles. The van der Waals surface area contributed by atoms with E-state index in [1.54, 1.807) is 22.9 Å². The molecule has 2 aromatic rings. The number of hydrogen-bond donors (Lipinski definition) is 1. The van der Waals surface area contributed by atoms with E-state index in [2.05, 4.69) is 10.00 Å². The highest BCUT2D eigenvalue weighted by atomic mass is 19.1. The SMILES string of the molecule is Cn1cc([C@@H]2CCCN2C[C@H](O)c2ccccc2F)cn1. The van der Waals surface area contributed by atoms with E-state index in [1.165, 1.54) is 6.07 Å². The fourth-order valence-corrected chi connectivity index (χ4v) is 3.10. The second-order valence-corrected chi connectivity index (χ2v) is 5.64. The second kappa shape index (κ2) is 5.95. The minimum Gasteiger partial charge on any atom is -0.387 e. The van der Waals surface area contributed by atoms with Crippen molar-refractivity contribution in [3.63, 3.8) is 0 Å². The van der Waals surface area contributed by atoms with Crippen molar-refractivity contribution in [1.82, 2.24) is 14.7 Å². The van der Waals surface area contributed by atoms with Gasteiger partial charge in [0.05, 0.1) is 12.3 Å². The van der Waals surface area contributed by atoms with Crippen LogP contribution in [0.25, 0.3) is 0 Å². The standard InChI is InChI=1S/C16H20FN3O/c1-19-10-12(9-18-19)15-7-4-8-20(15)11-16(21)13-5-2-3-6-14(13)17/h2-3,5-6,9-10,15-16,21H,4,7-8,11H2,1H3/t15-,16-/m0/s1. The summed E-state index contributed by atoms with van der Waals surface area (Å²) in [6, 6.07) is 6.69. The Balaban J connectivity index is 1.73. The molecule has 2 atom stereocenters. The molecular formula is C16H20FN3O. The van der Waals surface area contributed by atoms with E-state index in [4.69, 9.17) is 0 Å². The topological polar surface area (TPSA) is 41.3 Å². The predicted molar refractivity (Wildman–Crippen MR) is 78.1 cm³/mol. The third kappa shape index (κ3) is 2.99. The number of aromatic nitrogens is 2. The smallest absolute Gasteiger partial charge is 0.129 e. The molecule has 0 saturated carbocycles. The summed E-state index contributed by atoms with van der Waals surface area (Å²) < 4.78 is 15.5. The van der Waals surface area contributed by atoms with Gasteiger partial charge in [-0.3, -0.25) is 9.58 Å². The van der Waals surface area contributed by atoms with Crippen molar-refractivity contribution < 1.29 is 9.50 Å². The predicted octanol–water partition coefficient (Wildman–Crippen LogP) is 2.43. The molecule has 1 aliphatic rings. The van der Waals surface area contributed by atoms with Crippen LogP contribution in [0.5, 0.6) is 0 Å². The van der Waals surface area contributed by atoms with Crippen molar-refractivity contribution in [2.24, 2.45) is 7.05 Å². The van der Waals surface area contributed by atoms with Crippen LogP contribution >= 0.6 is 0 Å². The molecule has 2 heterocycles. The van der Waals surface area contributed by atoms with E-state index in [9.17, 15) is 9.50 Å². The van der Waals surface area contributed by atoms with Crippen LogP contribution < -0.4 is 0 Å². The number of rotatable bonds is 4. The molecular weight excluding hydrogens is 269 g/mol. The van der Waals surface area contributed by atoms with Crippen molar-refractivity contribution in [2.45, 2.75) is 25.0 Å². The molecule has 1 aromatic heterocycles. The molecule has 0 aliphatic carbocycles. The summed E-state index contributed by atoms with van der Waals surface area (Å²) in [5.41, 5.74) is 1.53. The van der Waals surface area contributed by atoms with Crippen molar-refractivity contribution in [3.8, 4) is 0 Å². The summed E-state index contributed by atoms with van der Waals surface area (Å²) in [5, 5.41) is 14.5. The van der Waals surface area contributed by atoms with E-state index in [-0.39, 0.29) is 11.9 Å². The minimum absolute atomic E-state index is 0.264. The summed E-state index contributed by atoms with van der Waals surface area (Å²) in [7, 11) is 1.90.